The second-order valence-corrected chi connectivity index (χ2v) is 7.77. The van der Waals surface area contributed by atoms with Crippen LogP contribution in [0.4, 0.5) is 10.5 Å². The molecule has 1 aromatic rings. The number of hydrogen-bond donors (Lipinski definition) is 1. The lowest BCUT2D eigenvalue weighted by atomic mass is 10.1. The third kappa shape index (κ3) is 3.25. The third-order valence-corrected chi connectivity index (χ3v) is 4.95. The summed E-state index contributed by atoms with van der Waals surface area (Å²) in [5.41, 5.74) is 2.17. The molecule has 1 unspecified atom stereocenters. The molecular formula is C15H21N3O3S. The van der Waals surface area contributed by atoms with E-state index >= 15 is 0 Å². The number of carbonyl (C=O) groups is 1. The number of benzene rings is 1. The highest BCUT2D eigenvalue weighted by Crippen LogP contribution is 2.29. The lowest BCUT2D eigenvalue weighted by molar-refractivity contribution is 0.184. The molecule has 1 aromatic carbocycles. The van der Waals surface area contributed by atoms with Crippen LogP contribution in [0.15, 0.2) is 24.3 Å². The van der Waals surface area contributed by atoms with Crippen LogP contribution in [0.2, 0.25) is 0 Å². The van der Waals surface area contributed by atoms with Gasteiger partial charge in [0.2, 0.25) is 10.0 Å². The minimum Gasteiger partial charge on any atom is -0.323 e. The van der Waals surface area contributed by atoms with Gasteiger partial charge >= 0.3 is 6.03 Å². The predicted molar refractivity (Wildman–Crippen MR) is 85.5 cm³/mol. The molecule has 1 saturated heterocycles. The van der Waals surface area contributed by atoms with E-state index in [1.807, 2.05) is 24.3 Å². The number of hydrogen-bond acceptors (Lipinski definition) is 3. The molecule has 2 amide bonds. The van der Waals surface area contributed by atoms with Crippen LogP contribution in [0.5, 0.6) is 0 Å². The normalized spacial score (nSPS) is 21.8. The van der Waals surface area contributed by atoms with Crippen molar-refractivity contribution in [3.05, 3.63) is 29.8 Å². The van der Waals surface area contributed by atoms with Crippen molar-refractivity contribution in [3.8, 4) is 0 Å². The molecule has 2 aliphatic rings. The first-order valence-electron chi connectivity index (χ1n) is 7.56. The molecule has 1 N–H and O–H groups in total. The van der Waals surface area contributed by atoms with E-state index in [4.69, 9.17) is 0 Å². The summed E-state index contributed by atoms with van der Waals surface area (Å²) in [6.07, 6.45) is 3.62. The third-order valence-electron chi connectivity index (χ3n) is 4.19. The monoisotopic (exact) mass is 323 g/mol. The zero-order chi connectivity index (χ0) is 15.7. The zero-order valence-corrected chi connectivity index (χ0v) is 13.5. The number of sulfonamides is 1. The van der Waals surface area contributed by atoms with Gasteiger partial charge in [0.05, 0.1) is 6.26 Å². The second-order valence-electron chi connectivity index (χ2n) is 5.99. The molecule has 1 fully saturated rings. The summed E-state index contributed by atoms with van der Waals surface area (Å²) in [5, 5.41) is 0. The molecule has 22 heavy (non-hydrogen) atoms. The average Bonchev–Trinajstić information content (AvgIpc) is 2.89. The van der Waals surface area contributed by atoms with Gasteiger partial charge in [-0.3, -0.25) is 4.90 Å². The van der Waals surface area contributed by atoms with E-state index in [0.717, 1.165) is 31.2 Å². The summed E-state index contributed by atoms with van der Waals surface area (Å²) >= 11 is 0. The fourth-order valence-corrected chi connectivity index (χ4v) is 4.06. The number of fused-ring (bicyclic) bond motifs is 1. The van der Waals surface area contributed by atoms with Crippen molar-refractivity contribution in [2.75, 3.05) is 30.8 Å². The van der Waals surface area contributed by atoms with Crippen LogP contribution < -0.4 is 9.62 Å². The minimum absolute atomic E-state index is 0.0232. The molecule has 120 valence electrons. The van der Waals surface area contributed by atoms with E-state index in [-0.39, 0.29) is 12.1 Å². The quantitative estimate of drug-likeness (QED) is 0.888. The van der Waals surface area contributed by atoms with E-state index in [1.54, 1.807) is 9.80 Å². The van der Waals surface area contributed by atoms with Crippen LogP contribution in [0, 0.1) is 0 Å². The Labute approximate surface area is 131 Å². The summed E-state index contributed by atoms with van der Waals surface area (Å²) < 4.78 is 25.4. The Balaban J connectivity index is 1.70. The second kappa shape index (κ2) is 5.89. The lowest BCUT2D eigenvalue weighted by Gasteiger charge is -2.35. The number of rotatable bonds is 2. The molecule has 2 heterocycles. The van der Waals surface area contributed by atoms with Crippen molar-refractivity contribution in [2.45, 2.75) is 25.3 Å². The van der Waals surface area contributed by atoms with E-state index < -0.39 is 10.0 Å². The smallest absolute Gasteiger partial charge is 0.323 e. The first kappa shape index (κ1) is 15.3. The highest BCUT2D eigenvalue weighted by Gasteiger charge is 2.31. The van der Waals surface area contributed by atoms with Gasteiger partial charge in [-0.25, -0.2) is 17.9 Å². The zero-order valence-electron chi connectivity index (χ0n) is 12.7. The molecule has 6 nitrogen and oxygen atoms in total. The highest BCUT2D eigenvalue weighted by atomic mass is 32.2. The summed E-state index contributed by atoms with van der Waals surface area (Å²) in [4.78, 5) is 16.3. The van der Waals surface area contributed by atoms with Crippen molar-refractivity contribution in [1.29, 1.82) is 0 Å². The van der Waals surface area contributed by atoms with Crippen LogP contribution in [-0.2, 0) is 16.4 Å². The maximum Gasteiger partial charge on any atom is 0.324 e. The maximum atomic E-state index is 12.7. The van der Waals surface area contributed by atoms with Crippen LogP contribution in [0.3, 0.4) is 0 Å². The number of carbonyl (C=O) groups excluding carboxylic acids is 1. The van der Waals surface area contributed by atoms with Crippen molar-refractivity contribution >= 4 is 21.7 Å². The van der Waals surface area contributed by atoms with Gasteiger partial charge in [0.1, 0.15) is 0 Å². The van der Waals surface area contributed by atoms with Gasteiger partial charge in [0.25, 0.3) is 0 Å². The van der Waals surface area contributed by atoms with Gasteiger partial charge < -0.3 is 4.90 Å². The molecule has 0 radical (unpaired) electrons. The number of piperidine rings is 1. The van der Waals surface area contributed by atoms with Crippen LogP contribution in [0.1, 0.15) is 18.4 Å². The summed E-state index contributed by atoms with van der Waals surface area (Å²) in [5.74, 6) is 0. The van der Waals surface area contributed by atoms with E-state index in [1.165, 1.54) is 5.56 Å². The fraction of sp³-hybridized carbons (Fsp3) is 0.533. The van der Waals surface area contributed by atoms with Crippen LogP contribution in [0.25, 0.3) is 0 Å². The number of urea groups is 1. The van der Waals surface area contributed by atoms with E-state index in [2.05, 4.69) is 4.72 Å². The summed E-state index contributed by atoms with van der Waals surface area (Å²) in [6.45, 7) is 1.81. The summed E-state index contributed by atoms with van der Waals surface area (Å²) in [7, 11) is -3.24. The molecule has 2 aliphatic heterocycles. The standard InChI is InChI=1S/C15H21N3O3S/c1-22(20,21)16-13-6-4-9-17(11-13)15(19)18-10-8-12-5-2-3-7-14(12)18/h2-3,5,7,13,16H,4,6,8-11H2,1H3. The number of likely N-dealkylation sites (tertiary alicyclic amines) is 1. The SMILES string of the molecule is CS(=O)(=O)NC1CCCN(C(=O)N2CCc3ccccc32)C1. The van der Waals surface area contributed by atoms with Crippen molar-refractivity contribution in [1.82, 2.24) is 9.62 Å². The maximum absolute atomic E-state index is 12.7. The molecule has 0 saturated carbocycles. The van der Waals surface area contributed by atoms with Gasteiger partial charge in [0.15, 0.2) is 0 Å². The first-order valence-corrected chi connectivity index (χ1v) is 9.45. The number of para-hydroxylation sites is 1. The Kier molecular flexibility index (Phi) is 4.10. The Morgan fingerprint density at radius 2 is 2.05 bits per heavy atom. The average molecular weight is 323 g/mol. The van der Waals surface area contributed by atoms with Crippen molar-refractivity contribution in [2.24, 2.45) is 0 Å². The van der Waals surface area contributed by atoms with E-state index in [0.29, 0.717) is 19.6 Å². The molecule has 0 spiro atoms. The molecule has 7 heteroatoms. The number of nitrogens with zero attached hydrogens (tertiary/aromatic N) is 2. The first-order chi connectivity index (χ1) is 10.4. The molecule has 0 aromatic heterocycles. The van der Waals surface area contributed by atoms with Gasteiger partial charge in [-0.2, -0.15) is 0 Å². The van der Waals surface area contributed by atoms with Crippen LogP contribution >= 0.6 is 0 Å². The largest absolute Gasteiger partial charge is 0.324 e. The van der Waals surface area contributed by atoms with Crippen LogP contribution in [-0.4, -0.2) is 51.3 Å². The molecule has 1 atom stereocenters. The molecular weight excluding hydrogens is 302 g/mol. The number of anilines is 1. The Morgan fingerprint density at radius 3 is 2.82 bits per heavy atom. The highest BCUT2D eigenvalue weighted by molar-refractivity contribution is 7.88. The topological polar surface area (TPSA) is 69.7 Å². The van der Waals surface area contributed by atoms with Gasteiger partial charge in [-0.05, 0) is 30.9 Å². The Hall–Kier alpha value is -1.60. The Morgan fingerprint density at radius 1 is 1.27 bits per heavy atom. The number of amides is 2. The Bertz CT molecular complexity index is 674. The predicted octanol–water partition coefficient (Wildman–Crippen LogP) is 1.18. The van der Waals surface area contributed by atoms with E-state index in [9.17, 15) is 13.2 Å². The van der Waals surface area contributed by atoms with Gasteiger partial charge in [-0.1, -0.05) is 18.2 Å². The summed E-state index contributed by atoms with van der Waals surface area (Å²) in [6, 6.07) is 7.73. The van der Waals surface area contributed by atoms with Gasteiger partial charge in [-0.15, -0.1) is 0 Å². The number of nitrogens with one attached hydrogen (secondary N) is 1. The minimum atomic E-state index is -3.24. The molecule has 3 rings (SSSR count). The van der Waals surface area contributed by atoms with Crippen molar-refractivity contribution in [3.63, 3.8) is 0 Å². The molecule has 0 bridgehead atoms. The fourth-order valence-electron chi connectivity index (χ4n) is 3.26. The lowest BCUT2D eigenvalue weighted by Crippen LogP contribution is -2.52. The van der Waals surface area contributed by atoms with Gasteiger partial charge in [0, 0.05) is 31.4 Å². The van der Waals surface area contributed by atoms with Crippen molar-refractivity contribution < 1.29 is 13.2 Å². The molecule has 0 aliphatic carbocycles.